The molecule has 0 unspecified atom stereocenters. The molecule has 0 aliphatic carbocycles. The van der Waals surface area contributed by atoms with Gasteiger partial charge in [0.2, 0.25) is 5.91 Å². The lowest BCUT2D eigenvalue weighted by atomic mass is 9.98. The minimum atomic E-state index is -0.886. The van der Waals surface area contributed by atoms with E-state index in [4.69, 9.17) is 5.11 Å². The van der Waals surface area contributed by atoms with Crippen molar-refractivity contribution in [2.24, 2.45) is 0 Å². The maximum Gasteiger partial charge on any atom is 0.305 e. The summed E-state index contributed by atoms with van der Waals surface area (Å²) in [5.41, 5.74) is 1.13. The summed E-state index contributed by atoms with van der Waals surface area (Å²) in [4.78, 5) is 38.9. The molecule has 0 radical (unpaired) electrons. The Morgan fingerprint density at radius 1 is 1.20 bits per heavy atom. The number of carboxylic acid groups (broad SMARTS) is 1. The average molecular weight is 347 g/mol. The van der Waals surface area contributed by atoms with Crippen LogP contribution in [0.1, 0.15) is 36.0 Å². The summed E-state index contributed by atoms with van der Waals surface area (Å²) in [6, 6.07) is 6.46. The number of nitrogens with zero attached hydrogens (tertiary/aromatic N) is 2. The molecule has 1 atom stereocenters. The van der Waals surface area contributed by atoms with Gasteiger partial charge in [-0.1, -0.05) is 0 Å². The number of carbonyl (C=O) groups excluding carboxylic acids is 2. The van der Waals surface area contributed by atoms with E-state index in [0.29, 0.717) is 17.8 Å². The highest BCUT2D eigenvalue weighted by molar-refractivity contribution is 5.96. The zero-order valence-corrected chi connectivity index (χ0v) is 14.7. The maximum atomic E-state index is 12.7. The van der Waals surface area contributed by atoms with E-state index in [9.17, 15) is 14.4 Å². The first kappa shape index (κ1) is 18.9. The molecule has 1 aliphatic heterocycles. The molecule has 7 nitrogen and oxygen atoms in total. The predicted molar refractivity (Wildman–Crippen MR) is 94.6 cm³/mol. The molecular formula is C18H25N3O4. The summed E-state index contributed by atoms with van der Waals surface area (Å²) in [6.07, 6.45) is 2.53. The Morgan fingerprint density at radius 2 is 1.88 bits per heavy atom. The molecule has 1 heterocycles. The van der Waals surface area contributed by atoms with Crippen molar-refractivity contribution in [3.05, 3.63) is 29.8 Å². The highest BCUT2D eigenvalue weighted by atomic mass is 16.4. The third-order valence-electron chi connectivity index (χ3n) is 4.17. The molecule has 1 aromatic carbocycles. The van der Waals surface area contributed by atoms with Gasteiger partial charge in [0.05, 0.1) is 13.0 Å². The molecule has 25 heavy (non-hydrogen) atoms. The van der Waals surface area contributed by atoms with Crippen LogP contribution in [0.4, 0.5) is 5.69 Å². The largest absolute Gasteiger partial charge is 0.481 e. The lowest BCUT2D eigenvalue weighted by molar-refractivity contribution is -0.138. The highest BCUT2D eigenvalue weighted by Gasteiger charge is 2.29. The van der Waals surface area contributed by atoms with E-state index in [1.165, 1.54) is 0 Å². The number of carbonyl (C=O) groups is 3. The lowest BCUT2D eigenvalue weighted by Crippen LogP contribution is -2.44. The van der Waals surface area contributed by atoms with Gasteiger partial charge in [-0.3, -0.25) is 14.4 Å². The Kier molecular flexibility index (Phi) is 6.52. The number of nitrogens with one attached hydrogen (secondary N) is 1. The van der Waals surface area contributed by atoms with Gasteiger partial charge in [-0.2, -0.15) is 0 Å². The summed E-state index contributed by atoms with van der Waals surface area (Å²) >= 11 is 0. The summed E-state index contributed by atoms with van der Waals surface area (Å²) in [6.45, 7) is 0.865. The second kappa shape index (κ2) is 8.62. The topological polar surface area (TPSA) is 90.0 Å². The number of piperidine rings is 1. The van der Waals surface area contributed by atoms with Gasteiger partial charge >= 0.3 is 5.97 Å². The van der Waals surface area contributed by atoms with Crippen LogP contribution in [0.2, 0.25) is 0 Å². The van der Waals surface area contributed by atoms with Gasteiger partial charge in [0.25, 0.3) is 5.91 Å². The summed E-state index contributed by atoms with van der Waals surface area (Å²) in [7, 11) is 3.63. The van der Waals surface area contributed by atoms with Gasteiger partial charge < -0.3 is 20.2 Å². The summed E-state index contributed by atoms with van der Waals surface area (Å²) in [5.74, 6) is -1.16. The number of anilines is 1. The van der Waals surface area contributed by atoms with Crippen LogP contribution in [-0.2, 0) is 9.59 Å². The first-order valence-corrected chi connectivity index (χ1v) is 8.44. The van der Waals surface area contributed by atoms with Crippen molar-refractivity contribution in [2.75, 3.05) is 32.5 Å². The zero-order valence-electron chi connectivity index (χ0n) is 14.7. The number of carboxylic acids is 1. The van der Waals surface area contributed by atoms with Gasteiger partial charge in [-0.05, 0) is 57.6 Å². The van der Waals surface area contributed by atoms with Crippen LogP contribution in [0, 0.1) is 0 Å². The molecule has 1 fully saturated rings. The quantitative estimate of drug-likeness (QED) is 0.817. The molecule has 7 heteroatoms. The van der Waals surface area contributed by atoms with E-state index < -0.39 is 5.97 Å². The fourth-order valence-electron chi connectivity index (χ4n) is 3.03. The standard InChI is InChI=1S/C18H25N3O4/c1-20(2)12-16(22)19-14-8-6-13(7-9-14)18(25)21-10-4-3-5-15(21)11-17(23)24/h6-9,15H,3-5,10-12H2,1-2H3,(H,19,22)(H,23,24)/t15-/m1/s1. The van der Waals surface area contributed by atoms with Crippen LogP contribution in [0.15, 0.2) is 24.3 Å². The number of amides is 2. The normalized spacial score (nSPS) is 17.4. The molecule has 0 bridgehead atoms. The number of aliphatic carboxylic acids is 1. The SMILES string of the molecule is CN(C)CC(=O)Nc1ccc(C(=O)N2CCCC[C@@H]2CC(=O)O)cc1. The fraction of sp³-hybridized carbons (Fsp3) is 0.500. The number of benzene rings is 1. The van der Waals surface area contributed by atoms with Crippen molar-refractivity contribution in [1.82, 2.24) is 9.80 Å². The van der Waals surface area contributed by atoms with Crippen molar-refractivity contribution >= 4 is 23.5 Å². The molecule has 1 aliphatic rings. The van der Waals surface area contributed by atoms with Crippen molar-refractivity contribution in [2.45, 2.75) is 31.7 Å². The van der Waals surface area contributed by atoms with E-state index in [2.05, 4.69) is 5.32 Å². The number of rotatable bonds is 6. The molecule has 2 rings (SSSR count). The van der Waals surface area contributed by atoms with E-state index in [1.807, 2.05) is 14.1 Å². The molecule has 1 saturated heterocycles. The maximum absolute atomic E-state index is 12.7. The molecule has 0 aromatic heterocycles. The Labute approximate surface area is 147 Å². The number of likely N-dealkylation sites (N-methyl/N-ethyl adjacent to an activating group) is 1. The van der Waals surface area contributed by atoms with Crippen molar-refractivity contribution in [3.8, 4) is 0 Å². The summed E-state index contributed by atoms with van der Waals surface area (Å²) < 4.78 is 0. The fourth-order valence-corrected chi connectivity index (χ4v) is 3.03. The van der Waals surface area contributed by atoms with Crippen molar-refractivity contribution in [1.29, 1.82) is 0 Å². The number of likely N-dealkylation sites (tertiary alicyclic amines) is 1. The molecule has 2 amide bonds. The van der Waals surface area contributed by atoms with E-state index in [1.54, 1.807) is 34.1 Å². The Balaban J connectivity index is 2.03. The Hall–Kier alpha value is -2.41. The van der Waals surface area contributed by atoms with E-state index >= 15 is 0 Å². The van der Waals surface area contributed by atoms with Gasteiger partial charge in [0, 0.05) is 23.8 Å². The monoisotopic (exact) mass is 347 g/mol. The first-order chi connectivity index (χ1) is 11.9. The van der Waals surface area contributed by atoms with Gasteiger partial charge in [-0.15, -0.1) is 0 Å². The molecule has 136 valence electrons. The molecular weight excluding hydrogens is 322 g/mol. The van der Waals surface area contributed by atoms with Crippen LogP contribution in [0.25, 0.3) is 0 Å². The minimum Gasteiger partial charge on any atom is -0.481 e. The van der Waals surface area contributed by atoms with Crippen LogP contribution in [-0.4, -0.2) is 65.9 Å². The molecule has 2 N–H and O–H groups in total. The van der Waals surface area contributed by atoms with Crippen molar-refractivity contribution in [3.63, 3.8) is 0 Å². The van der Waals surface area contributed by atoms with Gasteiger partial charge in [0.15, 0.2) is 0 Å². The molecule has 0 saturated carbocycles. The van der Waals surface area contributed by atoms with E-state index in [0.717, 1.165) is 19.3 Å². The number of hydrogen-bond acceptors (Lipinski definition) is 4. The Bertz CT molecular complexity index is 628. The van der Waals surface area contributed by atoms with Crippen LogP contribution in [0.5, 0.6) is 0 Å². The third kappa shape index (κ3) is 5.56. The van der Waals surface area contributed by atoms with Gasteiger partial charge in [-0.25, -0.2) is 0 Å². The highest BCUT2D eigenvalue weighted by Crippen LogP contribution is 2.22. The third-order valence-corrected chi connectivity index (χ3v) is 4.17. The van der Waals surface area contributed by atoms with Crippen LogP contribution in [0.3, 0.4) is 0 Å². The van der Waals surface area contributed by atoms with E-state index in [-0.39, 0.29) is 30.8 Å². The van der Waals surface area contributed by atoms with Crippen LogP contribution >= 0.6 is 0 Å². The summed E-state index contributed by atoms with van der Waals surface area (Å²) in [5, 5.41) is 11.8. The molecule has 1 aromatic rings. The second-order valence-electron chi connectivity index (χ2n) is 6.61. The second-order valence-corrected chi connectivity index (χ2v) is 6.61. The lowest BCUT2D eigenvalue weighted by Gasteiger charge is -2.35. The zero-order chi connectivity index (χ0) is 18.4. The predicted octanol–water partition coefficient (Wildman–Crippen LogP) is 1.66. The van der Waals surface area contributed by atoms with Crippen molar-refractivity contribution < 1.29 is 19.5 Å². The smallest absolute Gasteiger partial charge is 0.305 e. The van der Waals surface area contributed by atoms with Gasteiger partial charge in [0.1, 0.15) is 0 Å². The average Bonchev–Trinajstić information content (AvgIpc) is 2.54. The minimum absolute atomic E-state index is 0.0234. The first-order valence-electron chi connectivity index (χ1n) is 8.44. The Morgan fingerprint density at radius 3 is 2.48 bits per heavy atom. The number of hydrogen-bond donors (Lipinski definition) is 2. The molecule has 0 spiro atoms. The van der Waals surface area contributed by atoms with Crippen LogP contribution < -0.4 is 5.32 Å².